The van der Waals surface area contributed by atoms with Crippen LogP contribution in [0, 0.1) is 0 Å². The summed E-state index contributed by atoms with van der Waals surface area (Å²) in [6.45, 7) is 11.2. The molecule has 1 aliphatic carbocycles. The number of rotatable bonds is 13. The van der Waals surface area contributed by atoms with E-state index in [1.807, 2.05) is 31.2 Å². The first-order valence-corrected chi connectivity index (χ1v) is 13.8. The number of nitrogens with one attached hydrogen (secondary N) is 2. The Bertz CT molecular complexity index is 953. The molecule has 4 amide bonds. The lowest BCUT2D eigenvalue weighted by atomic mass is 9.87. The van der Waals surface area contributed by atoms with Crippen LogP contribution in [0.1, 0.15) is 104 Å². The number of carbonyl (C=O) groups is 4. The van der Waals surface area contributed by atoms with Gasteiger partial charge in [-0.25, -0.2) is 4.79 Å². The number of benzene rings is 1. The van der Waals surface area contributed by atoms with Crippen molar-refractivity contribution in [3.8, 4) is 0 Å². The second kappa shape index (κ2) is 14.2. The van der Waals surface area contributed by atoms with Crippen molar-refractivity contribution < 1.29 is 23.9 Å². The highest BCUT2D eigenvalue weighted by molar-refractivity contribution is 5.93. The molecule has 9 nitrogen and oxygen atoms in total. The van der Waals surface area contributed by atoms with Gasteiger partial charge in [0.1, 0.15) is 17.7 Å². The highest BCUT2D eigenvalue weighted by atomic mass is 16.6. The molecule has 212 valence electrons. The van der Waals surface area contributed by atoms with Gasteiger partial charge in [0.2, 0.25) is 17.7 Å². The molecule has 0 bridgehead atoms. The van der Waals surface area contributed by atoms with Crippen molar-refractivity contribution in [2.24, 2.45) is 5.73 Å². The summed E-state index contributed by atoms with van der Waals surface area (Å²) < 4.78 is 5.39. The minimum atomic E-state index is -1.07. The lowest BCUT2D eigenvalue weighted by Gasteiger charge is -2.44. The second-order valence-electron chi connectivity index (χ2n) is 11.2. The Morgan fingerprint density at radius 2 is 1.68 bits per heavy atom. The number of amides is 4. The van der Waals surface area contributed by atoms with Gasteiger partial charge in [0.05, 0.1) is 0 Å². The smallest absolute Gasteiger partial charge is 0.408 e. The monoisotopic (exact) mass is 530 g/mol. The Morgan fingerprint density at radius 1 is 1.05 bits per heavy atom. The van der Waals surface area contributed by atoms with Crippen LogP contribution in [0.2, 0.25) is 0 Å². The average Bonchev–Trinajstić information content (AvgIpc) is 2.79. The summed E-state index contributed by atoms with van der Waals surface area (Å²) in [5, 5.41) is 5.73. The molecule has 1 aliphatic rings. The molecule has 38 heavy (non-hydrogen) atoms. The topological polar surface area (TPSA) is 131 Å². The Balaban J connectivity index is 2.49. The zero-order valence-corrected chi connectivity index (χ0v) is 23.8. The van der Waals surface area contributed by atoms with E-state index in [1.165, 1.54) is 0 Å². The fourth-order valence-corrected chi connectivity index (χ4v) is 4.56. The van der Waals surface area contributed by atoms with E-state index in [2.05, 4.69) is 24.5 Å². The molecule has 0 heterocycles. The summed E-state index contributed by atoms with van der Waals surface area (Å²) in [6, 6.07) is 5.55. The number of carbonyl (C=O) groups excluding carboxylic acids is 4. The Hall–Kier alpha value is -3.10. The molecule has 2 rings (SSSR count). The van der Waals surface area contributed by atoms with Gasteiger partial charge in [-0.15, -0.1) is 0 Å². The average molecular weight is 531 g/mol. The van der Waals surface area contributed by atoms with Crippen LogP contribution in [0.5, 0.6) is 0 Å². The van der Waals surface area contributed by atoms with E-state index in [-0.39, 0.29) is 30.8 Å². The van der Waals surface area contributed by atoms with Gasteiger partial charge in [-0.3, -0.25) is 14.4 Å². The van der Waals surface area contributed by atoms with Gasteiger partial charge >= 0.3 is 6.09 Å². The van der Waals surface area contributed by atoms with Crippen LogP contribution in [0.15, 0.2) is 24.3 Å². The van der Waals surface area contributed by atoms with Crippen molar-refractivity contribution in [3.05, 3.63) is 35.4 Å². The second-order valence-corrected chi connectivity index (χ2v) is 11.2. The van der Waals surface area contributed by atoms with Crippen LogP contribution < -0.4 is 16.4 Å². The molecule has 9 heteroatoms. The van der Waals surface area contributed by atoms with Crippen LogP contribution in [0.25, 0.3) is 0 Å². The van der Waals surface area contributed by atoms with Crippen LogP contribution >= 0.6 is 0 Å². The lowest BCUT2D eigenvalue weighted by molar-refractivity contribution is -0.148. The maximum Gasteiger partial charge on any atom is 0.408 e. The number of primary amides is 1. The van der Waals surface area contributed by atoms with Gasteiger partial charge in [-0.1, -0.05) is 44.5 Å². The normalized spacial score (nSPS) is 15.9. The summed E-state index contributed by atoms with van der Waals surface area (Å²) >= 11 is 0. The first-order chi connectivity index (χ1) is 17.9. The SMILES string of the molecule is CCCC(C)NC(=O)C(c1ccc(CC)cc1)N(C(=O)C(CCC(N)=O)NC(=O)OC(C)(C)C)C1CCC1. The van der Waals surface area contributed by atoms with Gasteiger partial charge in [-0.2, -0.15) is 0 Å². The molecule has 1 fully saturated rings. The van der Waals surface area contributed by atoms with E-state index < -0.39 is 35.6 Å². The fraction of sp³-hybridized carbons (Fsp3) is 0.655. The quantitative estimate of drug-likeness (QED) is 0.353. The molecule has 0 radical (unpaired) electrons. The Labute approximate surface area is 227 Å². The summed E-state index contributed by atoms with van der Waals surface area (Å²) in [6.07, 6.45) is 4.17. The van der Waals surface area contributed by atoms with Crippen LogP contribution in [-0.4, -0.2) is 52.4 Å². The number of nitrogens with two attached hydrogens (primary N) is 1. The van der Waals surface area contributed by atoms with E-state index in [0.717, 1.165) is 44.1 Å². The van der Waals surface area contributed by atoms with E-state index in [1.54, 1.807) is 25.7 Å². The molecule has 4 N–H and O–H groups in total. The third-order valence-electron chi connectivity index (χ3n) is 6.73. The zero-order valence-electron chi connectivity index (χ0n) is 23.8. The lowest BCUT2D eigenvalue weighted by Crippen LogP contribution is -2.58. The highest BCUT2D eigenvalue weighted by Gasteiger charge is 2.42. The van der Waals surface area contributed by atoms with Gasteiger partial charge in [0.15, 0.2) is 0 Å². The maximum atomic E-state index is 14.2. The van der Waals surface area contributed by atoms with E-state index in [0.29, 0.717) is 5.56 Å². The number of nitrogens with zero attached hydrogens (tertiary/aromatic N) is 1. The van der Waals surface area contributed by atoms with Crippen molar-refractivity contribution in [2.75, 3.05) is 0 Å². The predicted octanol–water partition coefficient (Wildman–Crippen LogP) is 4.13. The maximum absolute atomic E-state index is 14.2. The van der Waals surface area contributed by atoms with Crippen molar-refractivity contribution in [1.29, 1.82) is 0 Å². The molecule has 0 saturated heterocycles. The predicted molar refractivity (Wildman–Crippen MR) is 147 cm³/mol. The highest BCUT2D eigenvalue weighted by Crippen LogP contribution is 2.34. The Morgan fingerprint density at radius 3 is 2.16 bits per heavy atom. The van der Waals surface area contributed by atoms with Crippen LogP contribution in [0.3, 0.4) is 0 Å². The summed E-state index contributed by atoms with van der Waals surface area (Å²) in [5.74, 6) is -1.27. The minimum Gasteiger partial charge on any atom is -0.444 e. The standard InChI is InChI=1S/C29H46N4O5/c1-7-10-19(3)31-26(35)25(21-15-13-20(8-2)14-16-21)33(22-11-9-12-22)27(36)23(17-18-24(30)34)32-28(37)38-29(4,5)6/h13-16,19,22-23,25H,7-12,17-18H2,1-6H3,(H2,30,34)(H,31,35)(H,32,37). The molecule has 0 spiro atoms. The first-order valence-electron chi connectivity index (χ1n) is 13.8. The molecule has 1 aromatic carbocycles. The van der Waals surface area contributed by atoms with E-state index in [9.17, 15) is 19.2 Å². The molecular formula is C29H46N4O5. The first kappa shape index (κ1) is 31.1. The molecule has 0 aromatic heterocycles. The van der Waals surface area contributed by atoms with E-state index in [4.69, 9.17) is 10.5 Å². The molecule has 3 atom stereocenters. The van der Waals surface area contributed by atoms with Gasteiger partial charge in [0, 0.05) is 18.5 Å². The third kappa shape index (κ3) is 9.33. The zero-order chi connectivity index (χ0) is 28.5. The molecule has 1 saturated carbocycles. The Kier molecular flexibility index (Phi) is 11.6. The number of hydrogen-bond acceptors (Lipinski definition) is 5. The summed E-state index contributed by atoms with van der Waals surface area (Å²) in [7, 11) is 0. The van der Waals surface area contributed by atoms with E-state index >= 15 is 0 Å². The van der Waals surface area contributed by atoms with Crippen molar-refractivity contribution >= 4 is 23.8 Å². The van der Waals surface area contributed by atoms with Gasteiger partial charge in [0.25, 0.3) is 0 Å². The van der Waals surface area contributed by atoms with Crippen molar-refractivity contribution in [1.82, 2.24) is 15.5 Å². The number of alkyl carbamates (subject to hydrolysis) is 1. The molecule has 1 aromatic rings. The van der Waals surface area contributed by atoms with Crippen molar-refractivity contribution in [2.45, 2.75) is 123 Å². The van der Waals surface area contributed by atoms with Crippen LogP contribution in [-0.2, 0) is 25.5 Å². The van der Waals surface area contributed by atoms with Crippen molar-refractivity contribution in [3.63, 3.8) is 0 Å². The van der Waals surface area contributed by atoms with Gasteiger partial charge in [-0.05, 0) is 77.3 Å². The summed E-state index contributed by atoms with van der Waals surface area (Å²) in [4.78, 5) is 53.8. The summed E-state index contributed by atoms with van der Waals surface area (Å²) in [5.41, 5.74) is 6.44. The molecule has 0 aliphatic heterocycles. The number of ether oxygens (including phenoxy) is 1. The molecular weight excluding hydrogens is 484 g/mol. The number of hydrogen-bond donors (Lipinski definition) is 3. The third-order valence-corrected chi connectivity index (χ3v) is 6.73. The van der Waals surface area contributed by atoms with Crippen LogP contribution in [0.4, 0.5) is 4.79 Å². The molecule has 3 unspecified atom stereocenters. The number of aryl methyl sites for hydroxylation is 1. The van der Waals surface area contributed by atoms with Gasteiger partial charge < -0.3 is 26.0 Å². The largest absolute Gasteiger partial charge is 0.444 e. The minimum absolute atomic E-state index is 0.00593. The fourth-order valence-electron chi connectivity index (χ4n) is 4.56.